The summed E-state index contributed by atoms with van der Waals surface area (Å²) in [5.41, 5.74) is 6.93. The van der Waals surface area contributed by atoms with E-state index in [-0.39, 0.29) is 11.9 Å². The van der Waals surface area contributed by atoms with Crippen LogP contribution in [0.15, 0.2) is 29.2 Å². The van der Waals surface area contributed by atoms with Crippen LogP contribution < -0.4 is 11.1 Å². The van der Waals surface area contributed by atoms with Crippen molar-refractivity contribution in [2.24, 2.45) is 5.73 Å². The normalized spacial score (nSPS) is 12.2. The highest BCUT2D eigenvalue weighted by Gasteiger charge is 2.04. The molecule has 0 aliphatic carbocycles. The third kappa shape index (κ3) is 5.56. The second-order valence-corrected chi connectivity index (χ2v) is 5.40. The maximum absolute atomic E-state index is 11.6. The molecule has 1 unspecified atom stereocenters. The van der Waals surface area contributed by atoms with Crippen LogP contribution in [0.25, 0.3) is 0 Å². The summed E-state index contributed by atoms with van der Waals surface area (Å²) < 4.78 is 0. The van der Waals surface area contributed by atoms with E-state index in [1.165, 1.54) is 0 Å². The first-order valence-corrected chi connectivity index (χ1v) is 7.37. The van der Waals surface area contributed by atoms with Crippen molar-refractivity contribution in [3.63, 3.8) is 0 Å². The standard InChI is InChI=1S/C14H22N2OS/c1-3-4-8-16-14(17)10-18-13-7-5-6-12(9-13)11(2)15/h5-7,9,11H,3-4,8,10,15H2,1-2H3,(H,16,17). The molecule has 0 spiro atoms. The van der Waals surface area contributed by atoms with Crippen LogP contribution in [0.1, 0.15) is 38.3 Å². The van der Waals surface area contributed by atoms with Crippen LogP contribution in [-0.4, -0.2) is 18.2 Å². The minimum absolute atomic E-state index is 0.0314. The first-order chi connectivity index (χ1) is 8.63. The third-order valence-electron chi connectivity index (χ3n) is 2.61. The summed E-state index contributed by atoms with van der Waals surface area (Å²) >= 11 is 1.55. The molecule has 0 aromatic heterocycles. The summed E-state index contributed by atoms with van der Waals surface area (Å²) in [5, 5.41) is 2.91. The Balaban J connectivity index is 2.38. The molecule has 0 fully saturated rings. The van der Waals surface area contributed by atoms with E-state index >= 15 is 0 Å². The fourth-order valence-electron chi connectivity index (χ4n) is 1.49. The number of benzene rings is 1. The lowest BCUT2D eigenvalue weighted by Gasteiger charge is -2.08. The molecule has 1 rings (SSSR count). The van der Waals surface area contributed by atoms with Crippen LogP contribution in [0.3, 0.4) is 0 Å². The predicted molar refractivity (Wildman–Crippen MR) is 77.7 cm³/mol. The highest BCUT2D eigenvalue weighted by Crippen LogP contribution is 2.21. The van der Waals surface area contributed by atoms with Gasteiger partial charge < -0.3 is 11.1 Å². The van der Waals surface area contributed by atoms with Gasteiger partial charge in [-0.05, 0) is 31.0 Å². The highest BCUT2D eigenvalue weighted by atomic mass is 32.2. The largest absolute Gasteiger partial charge is 0.355 e. The smallest absolute Gasteiger partial charge is 0.230 e. The number of nitrogens with two attached hydrogens (primary N) is 1. The Morgan fingerprint density at radius 1 is 1.50 bits per heavy atom. The second kappa shape index (κ2) is 8.16. The van der Waals surface area contributed by atoms with Crippen molar-refractivity contribution < 1.29 is 4.79 Å². The quantitative estimate of drug-likeness (QED) is 0.589. The molecular formula is C14H22N2OS. The lowest BCUT2D eigenvalue weighted by atomic mass is 10.1. The van der Waals surface area contributed by atoms with E-state index in [4.69, 9.17) is 5.73 Å². The molecule has 0 aliphatic heterocycles. The third-order valence-corrected chi connectivity index (χ3v) is 3.60. The van der Waals surface area contributed by atoms with Crippen LogP contribution in [0.4, 0.5) is 0 Å². The molecule has 0 aliphatic rings. The average molecular weight is 266 g/mol. The van der Waals surface area contributed by atoms with E-state index in [9.17, 15) is 4.79 Å². The number of carbonyl (C=O) groups is 1. The monoisotopic (exact) mass is 266 g/mol. The Hall–Kier alpha value is -1.00. The maximum Gasteiger partial charge on any atom is 0.230 e. The first-order valence-electron chi connectivity index (χ1n) is 6.38. The second-order valence-electron chi connectivity index (χ2n) is 4.35. The molecule has 1 amide bonds. The summed E-state index contributed by atoms with van der Waals surface area (Å²) in [6.07, 6.45) is 2.14. The summed E-state index contributed by atoms with van der Waals surface area (Å²) in [7, 11) is 0. The molecule has 0 saturated heterocycles. The van der Waals surface area contributed by atoms with Crippen molar-refractivity contribution in [3.05, 3.63) is 29.8 Å². The van der Waals surface area contributed by atoms with Gasteiger partial charge in [0.2, 0.25) is 5.91 Å². The summed E-state index contributed by atoms with van der Waals surface area (Å²) in [6.45, 7) is 4.84. The molecule has 100 valence electrons. The lowest BCUT2D eigenvalue weighted by Crippen LogP contribution is -2.25. The number of hydrogen-bond donors (Lipinski definition) is 2. The Kier molecular flexibility index (Phi) is 6.83. The van der Waals surface area contributed by atoms with Gasteiger partial charge in [-0.2, -0.15) is 0 Å². The van der Waals surface area contributed by atoms with E-state index in [2.05, 4.69) is 18.3 Å². The van der Waals surface area contributed by atoms with Gasteiger partial charge in [0.1, 0.15) is 0 Å². The van der Waals surface area contributed by atoms with Crippen molar-refractivity contribution in [2.45, 2.75) is 37.6 Å². The lowest BCUT2D eigenvalue weighted by molar-refractivity contribution is -0.118. The molecule has 1 aromatic rings. The molecule has 0 bridgehead atoms. The summed E-state index contributed by atoms with van der Waals surface area (Å²) in [4.78, 5) is 12.6. The SMILES string of the molecule is CCCCNC(=O)CSc1cccc(C(C)N)c1. The fraction of sp³-hybridized carbons (Fsp3) is 0.500. The minimum Gasteiger partial charge on any atom is -0.355 e. The first kappa shape index (κ1) is 15.1. The number of rotatable bonds is 7. The molecule has 1 aromatic carbocycles. The van der Waals surface area contributed by atoms with E-state index in [1.54, 1.807) is 11.8 Å². The van der Waals surface area contributed by atoms with Gasteiger partial charge in [0.05, 0.1) is 5.75 Å². The van der Waals surface area contributed by atoms with Crippen LogP contribution in [0.2, 0.25) is 0 Å². The summed E-state index contributed by atoms with van der Waals surface area (Å²) in [6, 6.07) is 8.08. The number of unbranched alkanes of at least 4 members (excludes halogenated alkanes) is 1. The maximum atomic E-state index is 11.6. The molecule has 0 radical (unpaired) electrons. The molecule has 0 heterocycles. The number of thioether (sulfide) groups is 1. The Morgan fingerprint density at radius 3 is 2.94 bits per heavy atom. The van der Waals surface area contributed by atoms with Gasteiger partial charge in [0.25, 0.3) is 0 Å². The molecule has 3 nitrogen and oxygen atoms in total. The zero-order valence-electron chi connectivity index (χ0n) is 11.1. The van der Waals surface area contributed by atoms with E-state index < -0.39 is 0 Å². The number of hydrogen-bond acceptors (Lipinski definition) is 3. The van der Waals surface area contributed by atoms with Gasteiger partial charge in [-0.25, -0.2) is 0 Å². The van der Waals surface area contributed by atoms with E-state index in [1.807, 2.05) is 25.1 Å². The van der Waals surface area contributed by atoms with Gasteiger partial charge >= 0.3 is 0 Å². The zero-order valence-corrected chi connectivity index (χ0v) is 11.9. The number of carbonyl (C=O) groups excluding carboxylic acids is 1. The molecular weight excluding hydrogens is 244 g/mol. The van der Waals surface area contributed by atoms with Crippen LogP contribution in [0, 0.1) is 0 Å². The van der Waals surface area contributed by atoms with Crippen LogP contribution in [-0.2, 0) is 4.79 Å². The predicted octanol–water partition coefficient (Wildman–Crippen LogP) is 2.71. The van der Waals surface area contributed by atoms with Gasteiger partial charge in [0.15, 0.2) is 0 Å². The molecule has 3 N–H and O–H groups in total. The van der Waals surface area contributed by atoms with Crippen molar-refractivity contribution in [2.75, 3.05) is 12.3 Å². The number of amides is 1. The Labute approximate surface area is 114 Å². The average Bonchev–Trinajstić information content (AvgIpc) is 2.37. The minimum atomic E-state index is 0.0314. The van der Waals surface area contributed by atoms with Crippen molar-refractivity contribution in [1.29, 1.82) is 0 Å². The van der Waals surface area contributed by atoms with Gasteiger partial charge in [-0.15, -0.1) is 11.8 Å². The molecule has 4 heteroatoms. The summed E-state index contributed by atoms with van der Waals surface area (Å²) in [5.74, 6) is 0.561. The van der Waals surface area contributed by atoms with Gasteiger partial charge in [0, 0.05) is 17.5 Å². The topological polar surface area (TPSA) is 55.1 Å². The Morgan fingerprint density at radius 2 is 2.28 bits per heavy atom. The van der Waals surface area contributed by atoms with Crippen LogP contribution in [0.5, 0.6) is 0 Å². The number of nitrogens with one attached hydrogen (secondary N) is 1. The van der Waals surface area contributed by atoms with Crippen molar-refractivity contribution >= 4 is 17.7 Å². The Bertz CT molecular complexity index is 380. The highest BCUT2D eigenvalue weighted by molar-refractivity contribution is 8.00. The van der Waals surface area contributed by atoms with E-state index in [0.29, 0.717) is 5.75 Å². The van der Waals surface area contributed by atoms with Crippen molar-refractivity contribution in [3.8, 4) is 0 Å². The zero-order chi connectivity index (χ0) is 13.4. The molecule has 18 heavy (non-hydrogen) atoms. The molecule has 0 saturated carbocycles. The van der Waals surface area contributed by atoms with Gasteiger partial charge in [-0.1, -0.05) is 25.5 Å². The molecule has 1 atom stereocenters. The van der Waals surface area contributed by atoms with E-state index in [0.717, 1.165) is 29.8 Å². The van der Waals surface area contributed by atoms with Crippen LogP contribution >= 0.6 is 11.8 Å². The fourth-order valence-corrected chi connectivity index (χ4v) is 2.29. The van der Waals surface area contributed by atoms with Gasteiger partial charge in [-0.3, -0.25) is 4.79 Å². The van der Waals surface area contributed by atoms with Crippen molar-refractivity contribution in [1.82, 2.24) is 5.32 Å².